The molecule has 3 aromatic rings. The van der Waals surface area contributed by atoms with E-state index in [1.54, 1.807) is 42.3 Å². The van der Waals surface area contributed by atoms with Gasteiger partial charge in [0.05, 0.1) is 12.4 Å². The van der Waals surface area contributed by atoms with E-state index in [9.17, 15) is 9.59 Å². The molecule has 2 aromatic heterocycles. The molecule has 1 unspecified atom stereocenters. The predicted octanol–water partition coefficient (Wildman–Crippen LogP) is 3.36. The third kappa shape index (κ3) is 4.03. The number of nitrogens with zero attached hydrogens (tertiary/aromatic N) is 4. The van der Waals surface area contributed by atoms with Crippen LogP contribution in [-0.4, -0.2) is 56.3 Å². The topological polar surface area (TPSA) is 117 Å². The molecule has 5 atom stereocenters. The van der Waals surface area contributed by atoms with Crippen molar-refractivity contribution in [2.24, 2.45) is 5.92 Å². The highest BCUT2D eigenvalue weighted by Crippen LogP contribution is 2.48. The summed E-state index contributed by atoms with van der Waals surface area (Å²) in [6.07, 6.45) is 2.04. The Bertz CT molecular complexity index is 1180. The zero-order chi connectivity index (χ0) is 24.5. The summed E-state index contributed by atoms with van der Waals surface area (Å²) in [5.74, 6) is -0.604. The van der Waals surface area contributed by atoms with Gasteiger partial charge in [0, 0.05) is 25.5 Å². The Morgan fingerprint density at radius 3 is 2.62 bits per heavy atom. The zero-order valence-corrected chi connectivity index (χ0v) is 19.9. The lowest BCUT2D eigenvalue weighted by Crippen LogP contribution is -2.47. The molecule has 0 aliphatic carbocycles. The molecule has 1 aliphatic heterocycles. The second kappa shape index (κ2) is 9.47. The molecule has 180 valence electrons. The fourth-order valence-electron chi connectivity index (χ4n) is 4.75. The summed E-state index contributed by atoms with van der Waals surface area (Å²) in [5.41, 5.74) is 0.661. The number of hydrogen-bond acceptors (Lipinski definition) is 8. The van der Waals surface area contributed by atoms with Crippen LogP contribution in [0.4, 0.5) is 5.82 Å². The lowest BCUT2D eigenvalue weighted by molar-refractivity contribution is -0.161. The summed E-state index contributed by atoms with van der Waals surface area (Å²) in [7, 11) is 1.63. The summed E-state index contributed by atoms with van der Waals surface area (Å²) in [6.45, 7) is 7.33. The van der Waals surface area contributed by atoms with Crippen molar-refractivity contribution in [1.29, 1.82) is 0 Å². The van der Waals surface area contributed by atoms with Crippen molar-refractivity contribution in [1.82, 2.24) is 19.5 Å². The molecule has 0 radical (unpaired) electrons. The molecular weight excluding hydrogens is 438 g/mol. The number of imidazole rings is 1. The number of hydrogen-bond donors (Lipinski definition) is 1. The minimum atomic E-state index is -0.687. The Labute approximate surface area is 197 Å². The largest absolute Gasteiger partial charge is 0.457 e. The molecule has 10 nitrogen and oxygen atoms in total. The molecule has 0 spiro atoms. The van der Waals surface area contributed by atoms with Crippen LogP contribution in [0.25, 0.3) is 11.2 Å². The standard InChI is InChI=1S/C24H29N5O5/c1-6-24(15(3)32-5)14(2)19(33-16(4)30)23(34-24)29-13-27-18-20(25-12-26-21(18)29)28-22(31)17-10-8-7-9-11-17/h7-15,19,23H,6H2,1-5H3,(H,25,26,28,31)/t14-,15?,19+,23+,24-/m0/s1. The number of carbonyl (C=O) groups is 2. The van der Waals surface area contributed by atoms with Gasteiger partial charge in [-0.3, -0.25) is 14.2 Å². The Kier molecular flexibility index (Phi) is 6.63. The van der Waals surface area contributed by atoms with Gasteiger partial charge in [-0.05, 0) is 25.5 Å². The van der Waals surface area contributed by atoms with Gasteiger partial charge in [-0.2, -0.15) is 0 Å². The van der Waals surface area contributed by atoms with E-state index in [0.29, 0.717) is 23.1 Å². The Balaban J connectivity index is 1.73. The highest BCUT2D eigenvalue weighted by molar-refractivity contribution is 6.06. The smallest absolute Gasteiger partial charge is 0.303 e. The van der Waals surface area contributed by atoms with E-state index in [1.807, 2.05) is 26.8 Å². The number of carbonyl (C=O) groups excluding carboxylic acids is 2. The number of ether oxygens (including phenoxy) is 3. The van der Waals surface area contributed by atoms with Crippen molar-refractivity contribution in [2.45, 2.75) is 58.2 Å². The third-order valence-corrected chi connectivity index (χ3v) is 6.68. The van der Waals surface area contributed by atoms with E-state index in [-0.39, 0.29) is 23.7 Å². The lowest BCUT2D eigenvalue weighted by atomic mass is 9.81. The number of benzene rings is 1. The van der Waals surface area contributed by atoms with Gasteiger partial charge >= 0.3 is 5.97 Å². The molecule has 1 fully saturated rings. The second-order valence-electron chi connectivity index (χ2n) is 8.42. The van der Waals surface area contributed by atoms with Gasteiger partial charge in [0.1, 0.15) is 11.9 Å². The summed E-state index contributed by atoms with van der Waals surface area (Å²) < 4.78 is 19.7. The molecule has 1 aliphatic rings. The van der Waals surface area contributed by atoms with Gasteiger partial charge in [-0.25, -0.2) is 15.0 Å². The van der Waals surface area contributed by atoms with Crippen LogP contribution in [-0.2, 0) is 19.0 Å². The van der Waals surface area contributed by atoms with Crippen LogP contribution in [0.3, 0.4) is 0 Å². The second-order valence-corrected chi connectivity index (χ2v) is 8.42. The van der Waals surface area contributed by atoms with Crippen LogP contribution in [0, 0.1) is 5.92 Å². The summed E-state index contributed by atoms with van der Waals surface area (Å²) >= 11 is 0. The van der Waals surface area contributed by atoms with E-state index < -0.39 is 23.9 Å². The first kappa shape index (κ1) is 23.8. The van der Waals surface area contributed by atoms with Gasteiger partial charge in [0.2, 0.25) is 0 Å². The maximum Gasteiger partial charge on any atom is 0.303 e. The van der Waals surface area contributed by atoms with E-state index in [2.05, 4.69) is 20.3 Å². The first-order valence-corrected chi connectivity index (χ1v) is 11.2. The van der Waals surface area contributed by atoms with Gasteiger partial charge in [0.15, 0.2) is 29.3 Å². The van der Waals surface area contributed by atoms with E-state index in [1.165, 1.54) is 13.3 Å². The Morgan fingerprint density at radius 2 is 1.97 bits per heavy atom. The van der Waals surface area contributed by atoms with Gasteiger partial charge in [0.25, 0.3) is 5.91 Å². The van der Waals surface area contributed by atoms with Crippen molar-refractivity contribution >= 4 is 28.9 Å². The van der Waals surface area contributed by atoms with Crippen LogP contribution in [0.15, 0.2) is 43.0 Å². The number of rotatable bonds is 7. The molecule has 1 saturated heterocycles. The Hall–Kier alpha value is -3.37. The zero-order valence-electron chi connectivity index (χ0n) is 19.9. The molecule has 10 heteroatoms. The number of fused-ring (bicyclic) bond motifs is 1. The van der Waals surface area contributed by atoms with Crippen LogP contribution in [0.1, 0.15) is 50.7 Å². The van der Waals surface area contributed by atoms with E-state index in [0.717, 1.165) is 0 Å². The quantitative estimate of drug-likeness (QED) is 0.526. The Morgan fingerprint density at radius 1 is 1.24 bits per heavy atom. The monoisotopic (exact) mass is 467 g/mol. The number of anilines is 1. The van der Waals surface area contributed by atoms with Crippen molar-refractivity contribution < 1.29 is 23.8 Å². The van der Waals surface area contributed by atoms with Crippen LogP contribution >= 0.6 is 0 Å². The molecule has 3 heterocycles. The van der Waals surface area contributed by atoms with Gasteiger partial charge < -0.3 is 19.5 Å². The molecule has 1 amide bonds. The van der Waals surface area contributed by atoms with Crippen LogP contribution in [0.5, 0.6) is 0 Å². The fourth-order valence-corrected chi connectivity index (χ4v) is 4.75. The minimum absolute atomic E-state index is 0.169. The SMILES string of the molecule is CC[C@]1(C(C)OC)O[C@@H](n2cnc3c(NC(=O)c4ccccc4)ncnc32)[C@H](OC(C)=O)[C@@H]1C. The highest BCUT2D eigenvalue weighted by atomic mass is 16.6. The number of esters is 1. The third-order valence-electron chi connectivity index (χ3n) is 6.68. The minimum Gasteiger partial charge on any atom is -0.457 e. The average Bonchev–Trinajstić information content (AvgIpc) is 3.39. The number of nitrogens with one attached hydrogen (secondary N) is 1. The summed E-state index contributed by atoms with van der Waals surface area (Å²) in [5, 5.41) is 2.80. The first-order valence-electron chi connectivity index (χ1n) is 11.2. The van der Waals surface area contributed by atoms with E-state index in [4.69, 9.17) is 14.2 Å². The molecule has 4 rings (SSSR count). The highest BCUT2D eigenvalue weighted by Gasteiger charge is 2.57. The average molecular weight is 468 g/mol. The fraction of sp³-hybridized carbons (Fsp3) is 0.458. The molecule has 34 heavy (non-hydrogen) atoms. The molecular formula is C24H29N5O5. The first-order chi connectivity index (χ1) is 16.3. The summed E-state index contributed by atoms with van der Waals surface area (Å²) in [6, 6.07) is 8.84. The molecule has 1 aromatic carbocycles. The van der Waals surface area contributed by atoms with Gasteiger partial charge in [-0.1, -0.05) is 32.0 Å². The number of methoxy groups -OCH3 is 1. The lowest BCUT2D eigenvalue weighted by Gasteiger charge is -2.36. The maximum atomic E-state index is 12.7. The van der Waals surface area contributed by atoms with Gasteiger partial charge in [-0.15, -0.1) is 0 Å². The maximum absolute atomic E-state index is 12.7. The number of aromatic nitrogens is 4. The predicted molar refractivity (Wildman–Crippen MR) is 124 cm³/mol. The molecule has 0 saturated carbocycles. The molecule has 1 N–H and O–H groups in total. The van der Waals surface area contributed by atoms with Crippen molar-refractivity contribution in [3.05, 3.63) is 48.5 Å². The van der Waals surface area contributed by atoms with Crippen molar-refractivity contribution in [3.63, 3.8) is 0 Å². The van der Waals surface area contributed by atoms with Crippen LogP contribution < -0.4 is 5.32 Å². The normalized spacial score (nSPS) is 25.3. The van der Waals surface area contributed by atoms with Crippen molar-refractivity contribution in [2.75, 3.05) is 12.4 Å². The summed E-state index contributed by atoms with van der Waals surface area (Å²) in [4.78, 5) is 37.7. The van der Waals surface area contributed by atoms with Crippen molar-refractivity contribution in [3.8, 4) is 0 Å². The number of amides is 1. The molecule has 0 bridgehead atoms. The van der Waals surface area contributed by atoms with E-state index >= 15 is 0 Å². The van der Waals surface area contributed by atoms with Crippen LogP contribution in [0.2, 0.25) is 0 Å².